The summed E-state index contributed by atoms with van der Waals surface area (Å²) in [5, 5.41) is 9.08. The average Bonchev–Trinajstić information content (AvgIpc) is 2.39. The molecule has 1 N–H and O–H groups in total. The summed E-state index contributed by atoms with van der Waals surface area (Å²) < 4.78 is 5.49. The molecule has 0 aromatic heterocycles. The molecule has 0 bridgehead atoms. The third kappa shape index (κ3) is 12.2. The van der Waals surface area contributed by atoms with Crippen molar-refractivity contribution in [2.75, 3.05) is 6.61 Å². The minimum absolute atomic E-state index is 0.590. The second-order valence-electron chi connectivity index (χ2n) is 5.31. The Morgan fingerprint density at radius 2 is 1.42 bits per heavy atom. The minimum Gasteiger partial charge on any atom is -0.479 e. The van der Waals surface area contributed by atoms with Gasteiger partial charge in [0.25, 0.3) is 0 Å². The zero-order valence-electron chi connectivity index (χ0n) is 12.8. The molecule has 3 nitrogen and oxygen atoms in total. The first-order chi connectivity index (χ1) is 9.22. The van der Waals surface area contributed by atoms with Crippen LogP contribution in [0.25, 0.3) is 0 Å². The number of carboxylic acid groups (broad SMARTS) is 1. The second kappa shape index (κ2) is 13.9. The van der Waals surface area contributed by atoms with Gasteiger partial charge in [0.2, 0.25) is 0 Å². The van der Waals surface area contributed by atoms with Crippen LogP contribution in [0, 0.1) is 0 Å². The largest absolute Gasteiger partial charge is 0.479 e. The standard InChI is InChI=1S/C16H32O3/c1-3-5-7-9-10-12-14-19-15(16(17)18)13-11-8-6-4-2/h15H,3-14H2,1-2H3,(H,17,18). The number of rotatable bonds is 14. The Labute approximate surface area is 118 Å². The summed E-state index contributed by atoms with van der Waals surface area (Å²) in [6.07, 6.45) is 11.7. The van der Waals surface area contributed by atoms with Gasteiger partial charge in [-0.25, -0.2) is 4.79 Å². The van der Waals surface area contributed by atoms with Crippen LogP contribution in [0.4, 0.5) is 0 Å². The molecule has 0 radical (unpaired) electrons. The molecule has 0 aromatic carbocycles. The van der Waals surface area contributed by atoms with Crippen molar-refractivity contribution in [3.63, 3.8) is 0 Å². The quantitative estimate of drug-likeness (QED) is 0.463. The normalized spacial score (nSPS) is 12.5. The molecule has 0 aliphatic heterocycles. The lowest BCUT2D eigenvalue weighted by Crippen LogP contribution is -2.24. The van der Waals surface area contributed by atoms with Crippen molar-refractivity contribution in [1.82, 2.24) is 0 Å². The van der Waals surface area contributed by atoms with Gasteiger partial charge in [-0.1, -0.05) is 71.6 Å². The van der Waals surface area contributed by atoms with E-state index in [2.05, 4.69) is 13.8 Å². The molecule has 114 valence electrons. The number of hydrogen-bond acceptors (Lipinski definition) is 2. The summed E-state index contributed by atoms with van der Waals surface area (Å²) in [6.45, 7) is 4.96. The first-order valence-corrected chi connectivity index (χ1v) is 8.06. The highest BCUT2D eigenvalue weighted by Gasteiger charge is 2.16. The van der Waals surface area contributed by atoms with Gasteiger partial charge in [0.15, 0.2) is 6.10 Å². The van der Waals surface area contributed by atoms with E-state index in [1.54, 1.807) is 0 Å². The number of hydrogen-bond donors (Lipinski definition) is 1. The molecule has 0 aliphatic rings. The van der Waals surface area contributed by atoms with Gasteiger partial charge in [-0.15, -0.1) is 0 Å². The van der Waals surface area contributed by atoms with Crippen LogP contribution in [0.5, 0.6) is 0 Å². The lowest BCUT2D eigenvalue weighted by Gasteiger charge is -2.13. The molecule has 1 atom stereocenters. The predicted octanol–water partition coefficient (Wildman–Crippen LogP) is 4.79. The SMILES string of the molecule is CCCCCCCCOC(CCCCCC)C(=O)O. The van der Waals surface area contributed by atoms with Crippen LogP contribution in [-0.2, 0) is 9.53 Å². The number of carbonyl (C=O) groups is 1. The van der Waals surface area contributed by atoms with E-state index in [9.17, 15) is 4.79 Å². The van der Waals surface area contributed by atoms with Gasteiger partial charge in [-0.05, 0) is 12.8 Å². The lowest BCUT2D eigenvalue weighted by molar-refractivity contribution is -0.151. The Kier molecular flexibility index (Phi) is 13.4. The van der Waals surface area contributed by atoms with E-state index in [0.717, 1.165) is 25.7 Å². The molecule has 19 heavy (non-hydrogen) atoms. The van der Waals surface area contributed by atoms with Crippen molar-refractivity contribution in [3.05, 3.63) is 0 Å². The average molecular weight is 272 g/mol. The van der Waals surface area contributed by atoms with Crippen LogP contribution in [0.3, 0.4) is 0 Å². The zero-order chi connectivity index (χ0) is 14.3. The monoisotopic (exact) mass is 272 g/mol. The molecule has 0 saturated carbocycles. The van der Waals surface area contributed by atoms with Crippen LogP contribution in [0.15, 0.2) is 0 Å². The van der Waals surface area contributed by atoms with E-state index >= 15 is 0 Å². The Morgan fingerprint density at radius 3 is 2.00 bits per heavy atom. The van der Waals surface area contributed by atoms with Crippen LogP contribution in [0.2, 0.25) is 0 Å². The summed E-state index contributed by atoms with van der Waals surface area (Å²) in [5.41, 5.74) is 0. The van der Waals surface area contributed by atoms with Crippen molar-refractivity contribution < 1.29 is 14.6 Å². The van der Waals surface area contributed by atoms with Crippen LogP contribution >= 0.6 is 0 Å². The second-order valence-corrected chi connectivity index (χ2v) is 5.31. The van der Waals surface area contributed by atoms with Gasteiger partial charge in [0.05, 0.1) is 0 Å². The van der Waals surface area contributed by atoms with Gasteiger partial charge in [-0.2, -0.15) is 0 Å². The molecule has 0 aromatic rings. The van der Waals surface area contributed by atoms with Crippen LogP contribution in [0.1, 0.15) is 84.5 Å². The van der Waals surface area contributed by atoms with Crippen LogP contribution < -0.4 is 0 Å². The fourth-order valence-corrected chi connectivity index (χ4v) is 2.14. The number of carboxylic acids is 1. The summed E-state index contributed by atoms with van der Waals surface area (Å²) >= 11 is 0. The molecule has 0 aliphatic carbocycles. The summed E-state index contributed by atoms with van der Waals surface area (Å²) in [5.74, 6) is -0.803. The lowest BCUT2D eigenvalue weighted by atomic mass is 10.1. The summed E-state index contributed by atoms with van der Waals surface area (Å²) in [6, 6.07) is 0. The maximum atomic E-state index is 11.0. The predicted molar refractivity (Wildman–Crippen MR) is 79.5 cm³/mol. The molecule has 0 amide bonds. The molecule has 0 fully saturated rings. The highest BCUT2D eigenvalue weighted by Crippen LogP contribution is 2.10. The van der Waals surface area contributed by atoms with E-state index in [-0.39, 0.29) is 0 Å². The maximum Gasteiger partial charge on any atom is 0.332 e. The molecular weight excluding hydrogens is 240 g/mol. The van der Waals surface area contributed by atoms with E-state index in [1.807, 2.05) is 0 Å². The highest BCUT2D eigenvalue weighted by atomic mass is 16.5. The molecule has 1 unspecified atom stereocenters. The van der Waals surface area contributed by atoms with E-state index < -0.39 is 12.1 Å². The van der Waals surface area contributed by atoms with E-state index in [0.29, 0.717) is 13.0 Å². The van der Waals surface area contributed by atoms with Crippen molar-refractivity contribution in [1.29, 1.82) is 0 Å². The first kappa shape index (κ1) is 18.4. The molecule has 0 spiro atoms. The minimum atomic E-state index is -0.803. The van der Waals surface area contributed by atoms with Crippen LogP contribution in [-0.4, -0.2) is 23.8 Å². The van der Waals surface area contributed by atoms with Gasteiger partial charge >= 0.3 is 5.97 Å². The third-order valence-electron chi connectivity index (χ3n) is 3.41. The fourth-order valence-electron chi connectivity index (χ4n) is 2.14. The maximum absolute atomic E-state index is 11.0. The molecule has 0 rings (SSSR count). The van der Waals surface area contributed by atoms with Crippen molar-refractivity contribution >= 4 is 5.97 Å². The Balaban J connectivity index is 3.51. The topological polar surface area (TPSA) is 46.5 Å². The number of ether oxygens (including phenoxy) is 1. The summed E-state index contributed by atoms with van der Waals surface area (Å²) in [4.78, 5) is 11.0. The molecule has 3 heteroatoms. The van der Waals surface area contributed by atoms with E-state index in [4.69, 9.17) is 9.84 Å². The fraction of sp³-hybridized carbons (Fsp3) is 0.938. The smallest absolute Gasteiger partial charge is 0.332 e. The van der Waals surface area contributed by atoms with Gasteiger partial charge in [0, 0.05) is 6.61 Å². The molecular formula is C16H32O3. The van der Waals surface area contributed by atoms with E-state index in [1.165, 1.54) is 38.5 Å². The Bertz CT molecular complexity index is 204. The van der Waals surface area contributed by atoms with Gasteiger partial charge in [-0.3, -0.25) is 0 Å². The van der Waals surface area contributed by atoms with Crippen molar-refractivity contribution in [2.24, 2.45) is 0 Å². The zero-order valence-corrected chi connectivity index (χ0v) is 12.8. The summed E-state index contributed by atoms with van der Waals surface area (Å²) in [7, 11) is 0. The van der Waals surface area contributed by atoms with Crippen molar-refractivity contribution in [2.45, 2.75) is 90.6 Å². The molecule has 0 saturated heterocycles. The number of unbranched alkanes of at least 4 members (excludes halogenated alkanes) is 8. The highest BCUT2D eigenvalue weighted by molar-refractivity contribution is 5.72. The van der Waals surface area contributed by atoms with Crippen molar-refractivity contribution in [3.8, 4) is 0 Å². The van der Waals surface area contributed by atoms with Gasteiger partial charge in [0.1, 0.15) is 0 Å². The first-order valence-electron chi connectivity index (χ1n) is 8.06. The Hall–Kier alpha value is -0.570. The Morgan fingerprint density at radius 1 is 0.895 bits per heavy atom. The number of aliphatic carboxylic acids is 1. The third-order valence-corrected chi connectivity index (χ3v) is 3.41. The van der Waals surface area contributed by atoms with Gasteiger partial charge < -0.3 is 9.84 Å². The molecule has 0 heterocycles.